The minimum atomic E-state index is -0.489. The number of rotatable bonds is 8. The van der Waals surface area contributed by atoms with E-state index >= 15 is 0 Å². The topological polar surface area (TPSA) is 136 Å². The lowest BCUT2D eigenvalue weighted by Gasteiger charge is -2.21. The lowest BCUT2D eigenvalue weighted by atomic mass is 9.83. The highest BCUT2D eigenvalue weighted by Crippen LogP contribution is 2.41. The standard InChI is InChI=1S/C25H24N6O3/c1-25(15-32)14-29-23-18(13-27)10-17(11-19(23)25)20-5-6-28-24(30-20)31-21-9-16(12-26)3-4-22(21)34-8-7-33-2/h3-6,9-11,29,32H,7-8,14-15H2,1-2H3,(H,28,30,31)/t25-/m1/s1. The van der Waals surface area contributed by atoms with Gasteiger partial charge >= 0.3 is 0 Å². The molecule has 0 fully saturated rings. The zero-order chi connectivity index (χ0) is 24.1. The monoisotopic (exact) mass is 456 g/mol. The van der Waals surface area contributed by atoms with E-state index in [2.05, 4.69) is 32.7 Å². The number of hydrogen-bond acceptors (Lipinski definition) is 9. The Morgan fingerprint density at radius 1 is 1.18 bits per heavy atom. The lowest BCUT2D eigenvalue weighted by molar-refractivity contribution is 0.146. The number of aliphatic hydroxyl groups is 1. The van der Waals surface area contributed by atoms with E-state index in [4.69, 9.17) is 9.47 Å². The molecule has 0 amide bonds. The van der Waals surface area contributed by atoms with Gasteiger partial charge in [0.05, 0.1) is 47.5 Å². The molecule has 0 spiro atoms. The van der Waals surface area contributed by atoms with Crippen molar-refractivity contribution in [3.8, 4) is 29.1 Å². The van der Waals surface area contributed by atoms with Crippen LogP contribution >= 0.6 is 0 Å². The molecule has 0 bridgehead atoms. The Morgan fingerprint density at radius 3 is 2.76 bits per heavy atom. The highest BCUT2D eigenvalue weighted by Gasteiger charge is 2.36. The molecule has 1 aromatic heterocycles. The summed E-state index contributed by atoms with van der Waals surface area (Å²) in [5.74, 6) is 0.852. The summed E-state index contributed by atoms with van der Waals surface area (Å²) in [5.41, 5.74) is 4.01. The molecular weight excluding hydrogens is 432 g/mol. The Labute approximate surface area is 197 Å². The second kappa shape index (κ2) is 9.75. The minimum absolute atomic E-state index is 0.0427. The van der Waals surface area contributed by atoms with Gasteiger partial charge in [-0.1, -0.05) is 6.92 Å². The fraction of sp³-hybridized carbons (Fsp3) is 0.280. The molecule has 0 aliphatic carbocycles. The van der Waals surface area contributed by atoms with Gasteiger partial charge in [-0.3, -0.25) is 0 Å². The fourth-order valence-electron chi connectivity index (χ4n) is 3.82. The fourth-order valence-corrected chi connectivity index (χ4v) is 3.82. The van der Waals surface area contributed by atoms with Crippen LogP contribution < -0.4 is 15.4 Å². The van der Waals surface area contributed by atoms with E-state index in [1.54, 1.807) is 43.6 Å². The zero-order valence-electron chi connectivity index (χ0n) is 18.9. The number of methoxy groups -OCH3 is 1. The van der Waals surface area contributed by atoms with Gasteiger partial charge < -0.3 is 25.2 Å². The molecule has 9 nitrogen and oxygen atoms in total. The molecule has 3 aromatic rings. The first-order chi connectivity index (χ1) is 16.5. The Morgan fingerprint density at radius 2 is 2.03 bits per heavy atom. The van der Waals surface area contributed by atoms with Gasteiger partial charge in [-0.25, -0.2) is 9.97 Å². The molecule has 0 radical (unpaired) electrons. The molecule has 34 heavy (non-hydrogen) atoms. The van der Waals surface area contributed by atoms with Crippen molar-refractivity contribution in [3.05, 3.63) is 59.3 Å². The average Bonchev–Trinajstić information content (AvgIpc) is 3.21. The summed E-state index contributed by atoms with van der Waals surface area (Å²) in [5, 5.41) is 35.3. The number of nitriles is 2. The van der Waals surface area contributed by atoms with Crippen LogP contribution in [0.2, 0.25) is 0 Å². The molecule has 4 rings (SSSR count). The number of fused-ring (bicyclic) bond motifs is 1. The van der Waals surface area contributed by atoms with Gasteiger partial charge in [0.1, 0.15) is 18.4 Å². The van der Waals surface area contributed by atoms with E-state index in [-0.39, 0.29) is 6.61 Å². The van der Waals surface area contributed by atoms with Crippen molar-refractivity contribution in [2.75, 3.05) is 44.1 Å². The van der Waals surface area contributed by atoms with E-state index in [1.807, 2.05) is 13.0 Å². The molecule has 3 N–H and O–H groups in total. The summed E-state index contributed by atoms with van der Waals surface area (Å²) in [6.07, 6.45) is 1.62. The summed E-state index contributed by atoms with van der Waals surface area (Å²) in [6.45, 7) is 3.24. The van der Waals surface area contributed by atoms with E-state index in [0.717, 1.165) is 16.8 Å². The van der Waals surface area contributed by atoms with Gasteiger partial charge in [-0.15, -0.1) is 0 Å². The molecule has 1 aliphatic rings. The largest absolute Gasteiger partial charge is 0.489 e. The Bertz CT molecular complexity index is 1300. The van der Waals surface area contributed by atoms with Crippen LogP contribution in [-0.4, -0.2) is 48.5 Å². The first-order valence-electron chi connectivity index (χ1n) is 10.7. The van der Waals surface area contributed by atoms with E-state index in [1.165, 1.54) is 0 Å². The highest BCUT2D eigenvalue weighted by molar-refractivity contribution is 5.76. The van der Waals surface area contributed by atoms with Crippen LogP contribution in [0.25, 0.3) is 11.3 Å². The van der Waals surface area contributed by atoms with Gasteiger partial charge in [0.2, 0.25) is 5.95 Å². The van der Waals surface area contributed by atoms with Crippen molar-refractivity contribution in [1.82, 2.24) is 9.97 Å². The van der Waals surface area contributed by atoms with Crippen molar-refractivity contribution in [2.24, 2.45) is 0 Å². The Hall–Kier alpha value is -4.18. The predicted octanol–water partition coefficient (Wildman–Crippen LogP) is 3.33. The normalized spacial score (nSPS) is 16.1. The molecule has 0 saturated carbocycles. The summed E-state index contributed by atoms with van der Waals surface area (Å²) in [7, 11) is 1.59. The first-order valence-corrected chi connectivity index (χ1v) is 10.7. The second-order valence-electron chi connectivity index (χ2n) is 8.18. The van der Waals surface area contributed by atoms with Crippen LogP contribution in [0.3, 0.4) is 0 Å². The maximum absolute atomic E-state index is 9.95. The number of aliphatic hydroxyl groups excluding tert-OH is 1. The first kappa shape index (κ1) is 23.0. The third-order valence-electron chi connectivity index (χ3n) is 5.76. The maximum atomic E-state index is 9.95. The number of nitrogens with zero attached hydrogens (tertiary/aromatic N) is 4. The Balaban J connectivity index is 1.69. The molecule has 2 aromatic carbocycles. The number of hydrogen-bond donors (Lipinski definition) is 3. The minimum Gasteiger partial charge on any atom is -0.489 e. The second-order valence-corrected chi connectivity index (χ2v) is 8.18. The van der Waals surface area contributed by atoms with Gasteiger partial charge in [0, 0.05) is 30.8 Å². The Kier molecular flexibility index (Phi) is 6.60. The number of ether oxygens (including phenoxy) is 2. The van der Waals surface area contributed by atoms with Crippen molar-refractivity contribution >= 4 is 17.3 Å². The number of aromatic nitrogens is 2. The smallest absolute Gasteiger partial charge is 0.227 e. The highest BCUT2D eigenvalue weighted by atomic mass is 16.5. The molecule has 1 atom stereocenters. The van der Waals surface area contributed by atoms with E-state index in [0.29, 0.717) is 54.0 Å². The van der Waals surface area contributed by atoms with Gasteiger partial charge in [0.15, 0.2) is 0 Å². The van der Waals surface area contributed by atoms with E-state index < -0.39 is 5.41 Å². The summed E-state index contributed by atoms with van der Waals surface area (Å²) < 4.78 is 10.8. The third-order valence-corrected chi connectivity index (χ3v) is 5.76. The van der Waals surface area contributed by atoms with Crippen LogP contribution in [0, 0.1) is 22.7 Å². The summed E-state index contributed by atoms with van der Waals surface area (Å²) in [4.78, 5) is 8.94. The molecule has 9 heteroatoms. The van der Waals surface area contributed by atoms with Gasteiger partial charge in [-0.05, 0) is 42.0 Å². The van der Waals surface area contributed by atoms with Crippen molar-refractivity contribution in [2.45, 2.75) is 12.3 Å². The van der Waals surface area contributed by atoms with Crippen LogP contribution in [0.15, 0.2) is 42.6 Å². The van der Waals surface area contributed by atoms with Crippen LogP contribution in [-0.2, 0) is 10.2 Å². The van der Waals surface area contributed by atoms with Crippen LogP contribution in [0.5, 0.6) is 5.75 Å². The molecule has 0 saturated heterocycles. The van der Waals surface area contributed by atoms with E-state index in [9.17, 15) is 15.6 Å². The average molecular weight is 457 g/mol. The summed E-state index contributed by atoms with van der Waals surface area (Å²) in [6, 6.07) is 14.9. The molecular formula is C25H24N6O3. The van der Waals surface area contributed by atoms with Crippen LogP contribution in [0.4, 0.5) is 17.3 Å². The molecule has 0 unspecified atom stereocenters. The van der Waals surface area contributed by atoms with Crippen molar-refractivity contribution in [1.29, 1.82) is 10.5 Å². The van der Waals surface area contributed by atoms with Gasteiger partial charge in [-0.2, -0.15) is 10.5 Å². The quantitative estimate of drug-likeness (QED) is 0.436. The molecule has 172 valence electrons. The zero-order valence-corrected chi connectivity index (χ0v) is 18.9. The number of nitrogens with one attached hydrogen (secondary N) is 2. The lowest BCUT2D eigenvalue weighted by Crippen LogP contribution is -2.28. The van der Waals surface area contributed by atoms with Crippen LogP contribution in [0.1, 0.15) is 23.6 Å². The number of anilines is 3. The predicted molar refractivity (Wildman–Crippen MR) is 127 cm³/mol. The third kappa shape index (κ3) is 4.48. The van der Waals surface area contributed by atoms with Crippen molar-refractivity contribution in [3.63, 3.8) is 0 Å². The molecule has 1 aliphatic heterocycles. The summed E-state index contributed by atoms with van der Waals surface area (Å²) >= 11 is 0. The molecule has 2 heterocycles. The van der Waals surface area contributed by atoms with Crippen molar-refractivity contribution < 1.29 is 14.6 Å². The maximum Gasteiger partial charge on any atom is 0.227 e. The SMILES string of the molecule is COCCOc1ccc(C#N)cc1Nc1nccc(-c2cc(C#N)c3c(c2)[C@@](C)(CO)CN3)n1. The number of benzene rings is 2. The van der Waals surface area contributed by atoms with Gasteiger partial charge in [0.25, 0.3) is 0 Å².